The van der Waals surface area contributed by atoms with Gasteiger partial charge in [0.2, 0.25) is 5.91 Å². The van der Waals surface area contributed by atoms with Crippen molar-refractivity contribution in [2.45, 2.75) is 52.9 Å². The molecule has 3 N–H and O–H groups in total. The van der Waals surface area contributed by atoms with Crippen LogP contribution in [0.15, 0.2) is 0 Å². The molecule has 0 aliphatic heterocycles. The van der Waals surface area contributed by atoms with Gasteiger partial charge in [0.05, 0.1) is 0 Å². The number of carbonyl (C=O) groups excluding carboxylic acids is 1. The largest absolute Gasteiger partial charge is 0.356 e. The van der Waals surface area contributed by atoms with Crippen LogP contribution in [0.2, 0.25) is 0 Å². The Labute approximate surface area is 106 Å². The van der Waals surface area contributed by atoms with Gasteiger partial charge in [-0.05, 0) is 43.1 Å². The molecule has 3 heteroatoms. The van der Waals surface area contributed by atoms with Crippen LogP contribution in [0.5, 0.6) is 0 Å². The van der Waals surface area contributed by atoms with Crippen molar-refractivity contribution in [3.8, 4) is 0 Å². The molecule has 1 amide bonds. The van der Waals surface area contributed by atoms with Crippen LogP contribution in [-0.2, 0) is 4.79 Å². The van der Waals surface area contributed by atoms with Gasteiger partial charge in [-0.3, -0.25) is 4.79 Å². The minimum Gasteiger partial charge on any atom is -0.356 e. The predicted octanol–water partition coefficient (Wildman–Crippen LogP) is 2.30. The summed E-state index contributed by atoms with van der Waals surface area (Å²) in [5.41, 5.74) is 6.08. The van der Waals surface area contributed by atoms with Crippen molar-refractivity contribution >= 4 is 5.91 Å². The van der Waals surface area contributed by atoms with Crippen molar-refractivity contribution in [1.82, 2.24) is 5.32 Å². The first-order valence-electron chi connectivity index (χ1n) is 6.92. The van der Waals surface area contributed by atoms with E-state index in [4.69, 9.17) is 5.73 Å². The smallest absolute Gasteiger partial charge is 0.220 e. The topological polar surface area (TPSA) is 55.1 Å². The molecule has 1 aliphatic rings. The maximum Gasteiger partial charge on any atom is 0.220 e. The molecule has 0 aromatic carbocycles. The summed E-state index contributed by atoms with van der Waals surface area (Å²) in [4.78, 5) is 11.8. The molecule has 17 heavy (non-hydrogen) atoms. The van der Waals surface area contributed by atoms with E-state index in [2.05, 4.69) is 26.1 Å². The van der Waals surface area contributed by atoms with Gasteiger partial charge < -0.3 is 11.1 Å². The highest BCUT2D eigenvalue weighted by Gasteiger charge is 2.31. The van der Waals surface area contributed by atoms with Crippen molar-refractivity contribution in [3.05, 3.63) is 0 Å². The van der Waals surface area contributed by atoms with Crippen LogP contribution >= 0.6 is 0 Å². The predicted molar refractivity (Wildman–Crippen MR) is 71.6 cm³/mol. The second-order valence-corrected chi connectivity index (χ2v) is 6.38. The average molecular weight is 240 g/mol. The molecule has 0 saturated heterocycles. The van der Waals surface area contributed by atoms with E-state index in [-0.39, 0.29) is 5.91 Å². The van der Waals surface area contributed by atoms with Crippen molar-refractivity contribution in [2.24, 2.45) is 23.0 Å². The Balaban J connectivity index is 2.22. The number of hydrogen-bond donors (Lipinski definition) is 2. The molecule has 1 aliphatic carbocycles. The molecule has 0 spiro atoms. The molecule has 0 unspecified atom stereocenters. The normalized spacial score (nSPS) is 19.8. The van der Waals surface area contributed by atoms with Gasteiger partial charge in [-0.25, -0.2) is 0 Å². The van der Waals surface area contributed by atoms with Crippen LogP contribution < -0.4 is 11.1 Å². The first-order valence-corrected chi connectivity index (χ1v) is 6.92. The second kappa shape index (κ2) is 6.39. The van der Waals surface area contributed by atoms with Gasteiger partial charge in [-0.2, -0.15) is 0 Å². The minimum absolute atomic E-state index is 0.175. The lowest BCUT2D eigenvalue weighted by atomic mass is 9.70. The van der Waals surface area contributed by atoms with Crippen molar-refractivity contribution in [2.75, 3.05) is 13.1 Å². The third-order valence-electron chi connectivity index (χ3n) is 3.89. The summed E-state index contributed by atoms with van der Waals surface area (Å²) >= 11 is 0. The molecular weight excluding hydrogens is 212 g/mol. The lowest BCUT2D eigenvalue weighted by Crippen LogP contribution is -2.40. The van der Waals surface area contributed by atoms with Gasteiger partial charge in [0, 0.05) is 13.0 Å². The maximum atomic E-state index is 11.8. The quantitative estimate of drug-likeness (QED) is 0.717. The third-order valence-corrected chi connectivity index (χ3v) is 3.89. The molecule has 1 saturated carbocycles. The number of amides is 1. The Kier molecular flexibility index (Phi) is 5.44. The van der Waals surface area contributed by atoms with E-state index < -0.39 is 0 Å². The summed E-state index contributed by atoms with van der Waals surface area (Å²) in [6, 6.07) is 0. The molecule has 0 aromatic rings. The minimum atomic E-state index is 0.175. The zero-order valence-electron chi connectivity index (χ0n) is 11.6. The van der Waals surface area contributed by atoms with E-state index in [0.29, 0.717) is 30.2 Å². The lowest BCUT2D eigenvalue weighted by molar-refractivity contribution is -0.122. The molecular formula is C14H28N2O. The SMILES string of the molecule is CC(C)C[C@H](CN)CC(=O)NCC1(C)CCC1. The van der Waals surface area contributed by atoms with E-state index in [1.165, 1.54) is 19.3 Å². The van der Waals surface area contributed by atoms with Gasteiger partial charge in [-0.15, -0.1) is 0 Å². The first-order chi connectivity index (χ1) is 7.95. The molecule has 1 rings (SSSR count). The van der Waals surface area contributed by atoms with Gasteiger partial charge >= 0.3 is 0 Å². The van der Waals surface area contributed by atoms with Crippen LogP contribution in [0.1, 0.15) is 52.9 Å². The third kappa shape index (κ3) is 5.07. The average Bonchev–Trinajstić information content (AvgIpc) is 2.22. The molecule has 1 fully saturated rings. The van der Waals surface area contributed by atoms with Crippen LogP contribution in [0.25, 0.3) is 0 Å². The fourth-order valence-corrected chi connectivity index (χ4v) is 2.53. The molecule has 100 valence electrons. The van der Waals surface area contributed by atoms with Gasteiger partial charge in [0.25, 0.3) is 0 Å². The Bertz CT molecular complexity index is 247. The molecule has 0 heterocycles. The van der Waals surface area contributed by atoms with Gasteiger partial charge in [-0.1, -0.05) is 27.2 Å². The van der Waals surface area contributed by atoms with Crippen LogP contribution in [0.3, 0.4) is 0 Å². The van der Waals surface area contributed by atoms with E-state index in [1.807, 2.05) is 0 Å². The van der Waals surface area contributed by atoms with Crippen molar-refractivity contribution in [3.63, 3.8) is 0 Å². The van der Waals surface area contributed by atoms with E-state index in [1.54, 1.807) is 0 Å². The first kappa shape index (κ1) is 14.5. The van der Waals surface area contributed by atoms with Crippen LogP contribution in [0.4, 0.5) is 0 Å². The summed E-state index contributed by atoms with van der Waals surface area (Å²) in [7, 11) is 0. The van der Waals surface area contributed by atoms with E-state index >= 15 is 0 Å². The highest BCUT2D eigenvalue weighted by Crippen LogP contribution is 2.39. The Morgan fingerprint density at radius 1 is 1.41 bits per heavy atom. The van der Waals surface area contributed by atoms with E-state index in [9.17, 15) is 4.79 Å². The zero-order valence-corrected chi connectivity index (χ0v) is 11.6. The number of rotatable bonds is 7. The Morgan fingerprint density at radius 3 is 2.47 bits per heavy atom. The highest BCUT2D eigenvalue weighted by molar-refractivity contribution is 5.76. The number of nitrogens with two attached hydrogens (primary N) is 1. The highest BCUT2D eigenvalue weighted by atomic mass is 16.1. The zero-order chi connectivity index (χ0) is 12.9. The molecule has 1 atom stereocenters. The van der Waals surface area contributed by atoms with Crippen LogP contribution in [0, 0.1) is 17.3 Å². The fourth-order valence-electron chi connectivity index (χ4n) is 2.53. The summed E-state index contributed by atoms with van der Waals surface area (Å²) < 4.78 is 0. The van der Waals surface area contributed by atoms with Gasteiger partial charge in [0.15, 0.2) is 0 Å². The van der Waals surface area contributed by atoms with Crippen LogP contribution in [-0.4, -0.2) is 19.0 Å². The van der Waals surface area contributed by atoms with Gasteiger partial charge in [0.1, 0.15) is 0 Å². The number of nitrogens with one attached hydrogen (secondary N) is 1. The van der Waals surface area contributed by atoms with Crippen molar-refractivity contribution in [1.29, 1.82) is 0 Å². The Morgan fingerprint density at radius 2 is 2.06 bits per heavy atom. The summed E-state index contributed by atoms with van der Waals surface area (Å²) in [5.74, 6) is 1.12. The monoisotopic (exact) mass is 240 g/mol. The summed E-state index contributed by atoms with van der Waals surface area (Å²) in [5, 5.41) is 3.07. The van der Waals surface area contributed by atoms with E-state index in [0.717, 1.165) is 13.0 Å². The molecule has 0 aromatic heterocycles. The fraction of sp³-hybridized carbons (Fsp3) is 0.929. The second-order valence-electron chi connectivity index (χ2n) is 6.38. The maximum absolute atomic E-state index is 11.8. The standard InChI is InChI=1S/C14H28N2O/c1-11(2)7-12(9-15)8-13(17)16-10-14(3)5-4-6-14/h11-12H,4-10,15H2,1-3H3,(H,16,17)/t12-/m0/s1. The number of hydrogen-bond acceptors (Lipinski definition) is 2. The Hall–Kier alpha value is -0.570. The van der Waals surface area contributed by atoms with Crippen molar-refractivity contribution < 1.29 is 4.79 Å². The molecule has 0 radical (unpaired) electrons. The number of carbonyl (C=O) groups is 1. The molecule has 0 bridgehead atoms. The lowest BCUT2D eigenvalue weighted by Gasteiger charge is -2.38. The summed E-state index contributed by atoms with van der Waals surface area (Å²) in [6.07, 6.45) is 5.44. The molecule has 3 nitrogen and oxygen atoms in total. The summed E-state index contributed by atoms with van der Waals surface area (Å²) in [6.45, 7) is 8.06.